The molecule has 0 N–H and O–H groups in total. The highest BCUT2D eigenvalue weighted by molar-refractivity contribution is 5.88. The van der Waals surface area contributed by atoms with Crippen LogP contribution in [-0.4, -0.2) is 13.1 Å². The van der Waals surface area contributed by atoms with Crippen LogP contribution in [0.4, 0.5) is 0 Å². The summed E-state index contributed by atoms with van der Waals surface area (Å²) in [5.41, 5.74) is 1.82. The van der Waals surface area contributed by atoms with Gasteiger partial charge in [-0.25, -0.2) is 4.79 Å². The Morgan fingerprint density at radius 3 is 2.20 bits per heavy atom. The second kappa shape index (κ2) is 4.09. The van der Waals surface area contributed by atoms with Crippen LogP contribution in [0.2, 0.25) is 0 Å². The van der Waals surface area contributed by atoms with Crippen molar-refractivity contribution >= 4 is 5.97 Å². The maximum Gasteiger partial charge on any atom is 0.333 e. The van der Waals surface area contributed by atoms with Gasteiger partial charge in [-0.3, -0.25) is 0 Å². The first-order chi connectivity index (χ1) is 4.63. The van der Waals surface area contributed by atoms with Gasteiger partial charge in [0, 0.05) is 5.57 Å². The van der Waals surface area contributed by atoms with E-state index in [1.54, 1.807) is 6.92 Å². The highest BCUT2D eigenvalue weighted by Crippen LogP contribution is 2.07. The minimum atomic E-state index is -0.223. The fourth-order valence-electron chi connectivity index (χ4n) is 0.592. The van der Waals surface area contributed by atoms with Crippen molar-refractivity contribution in [3.63, 3.8) is 0 Å². The van der Waals surface area contributed by atoms with E-state index in [4.69, 9.17) is 0 Å². The predicted molar refractivity (Wildman–Crippen MR) is 40.7 cm³/mol. The van der Waals surface area contributed by atoms with E-state index in [9.17, 15) is 4.79 Å². The number of allylic oxidation sites excluding steroid dienone is 1. The lowest BCUT2D eigenvalue weighted by Gasteiger charge is -2.01. The number of carbonyl (C=O) groups excluding carboxylic acids is 1. The summed E-state index contributed by atoms with van der Waals surface area (Å²) in [4.78, 5) is 10.8. The molecule has 0 amide bonds. The van der Waals surface area contributed by atoms with Crippen LogP contribution in [0.15, 0.2) is 11.1 Å². The minimum absolute atomic E-state index is 0.223. The Balaban J connectivity index is 4.30. The van der Waals surface area contributed by atoms with Crippen LogP contribution in [0, 0.1) is 0 Å². The van der Waals surface area contributed by atoms with Crippen molar-refractivity contribution in [2.45, 2.75) is 27.2 Å². The van der Waals surface area contributed by atoms with Gasteiger partial charge in [0.1, 0.15) is 0 Å². The molecule has 10 heavy (non-hydrogen) atoms. The molecule has 0 aliphatic rings. The Labute approximate surface area is 61.9 Å². The number of hydrogen-bond donors (Lipinski definition) is 0. The van der Waals surface area contributed by atoms with Gasteiger partial charge in [-0.05, 0) is 20.3 Å². The Morgan fingerprint density at radius 2 is 1.90 bits per heavy atom. The molecule has 0 spiro atoms. The predicted octanol–water partition coefficient (Wildman–Crippen LogP) is 1.91. The Hall–Kier alpha value is -0.790. The van der Waals surface area contributed by atoms with E-state index in [1.165, 1.54) is 7.11 Å². The molecule has 2 nitrogen and oxygen atoms in total. The van der Waals surface area contributed by atoms with Crippen molar-refractivity contribution in [3.8, 4) is 0 Å². The summed E-state index contributed by atoms with van der Waals surface area (Å²) in [6.07, 6.45) is 0.904. The molecule has 0 saturated heterocycles. The zero-order valence-corrected chi connectivity index (χ0v) is 7.02. The number of esters is 1. The van der Waals surface area contributed by atoms with Crippen LogP contribution in [0.3, 0.4) is 0 Å². The molecular weight excluding hydrogens is 128 g/mol. The molecule has 0 bridgehead atoms. The van der Waals surface area contributed by atoms with Gasteiger partial charge in [0.05, 0.1) is 7.11 Å². The summed E-state index contributed by atoms with van der Waals surface area (Å²) < 4.78 is 4.54. The fourth-order valence-corrected chi connectivity index (χ4v) is 0.592. The molecule has 0 aromatic rings. The van der Waals surface area contributed by atoms with Crippen LogP contribution in [0.25, 0.3) is 0 Å². The normalized spacial score (nSPS) is 12.4. The topological polar surface area (TPSA) is 26.3 Å². The third-order valence-electron chi connectivity index (χ3n) is 1.66. The van der Waals surface area contributed by atoms with Crippen LogP contribution in [-0.2, 0) is 9.53 Å². The smallest absolute Gasteiger partial charge is 0.333 e. The first-order valence-corrected chi connectivity index (χ1v) is 3.38. The number of ether oxygens (including phenoxy) is 1. The Morgan fingerprint density at radius 1 is 1.40 bits per heavy atom. The van der Waals surface area contributed by atoms with E-state index in [1.807, 2.05) is 13.8 Å². The lowest BCUT2D eigenvalue weighted by Crippen LogP contribution is -2.03. The third-order valence-corrected chi connectivity index (χ3v) is 1.66. The summed E-state index contributed by atoms with van der Waals surface area (Å²) in [5, 5.41) is 0. The standard InChI is InChI=1S/C8H14O2/c1-5-6(2)7(3)8(9)10-4/h5H2,1-4H3/b7-6+. The van der Waals surface area contributed by atoms with E-state index in [-0.39, 0.29) is 5.97 Å². The molecule has 58 valence electrons. The summed E-state index contributed by atoms with van der Waals surface area (Å²) in [5.74, 6) is -0.223. The van der Waals surface area contributed by atoms with Crippen LogP contribution >= 0.6 is 0 Å². The monoisotopic (exact) mass is 142 g/mol. The fraction of sp³-hybridized carbons (Fsp3) is 0.625. The van der Waals surface area contributed by atoms with E-state index in [2.05, 4.69) is 4.74 Å². The first kappa shape index (κ1) is 9.21. The van der Waals surface area contributed by atoms with Crippen molar-refractivity contribution in [2.75, 3.05) is 7.11 Å². The summed E-state index contributed by atoms with van der Waals surface area (Å²) in [6, 6.07) is 0. The largest absolute Gasteiger partial charge is 0.466 e. The Kier molecular flexibility index (Phi) is 3.77. The molecule has 2 heteroatoms. The van der Waals surface area contributed by atoms with Crippen molar-refractivity contribution in [1.29, 1.82) is 0 Å². The molecule has 0 aliphatic carbocycles. The maximum absolute atomic E-state index is 10.8. The average molecular weight is 142 g/mol. The quantitative estimate of drug-likeness (QED) is 0.435. The molecule has 0 aliphatic heterocycles. The molecule has 0 rings (SSSR count). The maximum atomic E-state index is 10.8. The van der Waals surface area contributed by atoms with Crippen molar-refractivity contribution in [1.82, 2.24) is 0 Å². The van der Waals surface area contributed by atoms with Crippen LogP contribution < -0.4 is 0 Å². The number of methoxy groups -OCH3 is 1. The minimum Gasteiger partial charge on any atom is -0.466 e. The second-order valence-electron chi connectivity index (χ2n) is 2.25. The molecule has 0 heterocycles. The van der Waals surface area contributed by atoms with Gasteiger partial charge < -0.3 is 4.74 Å². The van der Waals surface area contributed by atoms with Crippen LogP contribution in [0.1, 0.15) is 27.2 Å². The van der Waals surface area contributed by atoms with E-state index < -0.39 is 0 Å². The zero-order chi connectivity index (χ0) is 8.15. The van der Waals surface area contributed by atoms with E-state index in [0.717, 1.165) is 17.6 Å². The third kappa shape index (κ3) is 2.21. The van der Waals surface area contributed by atoms with Gasteiger partial charge in [-0.15, -0.1) is 0 Å². The van der Waals surface area contributed by atoms with Crippen molar-refractivity contribution in [3.05, 3.63) is 11.1 Å². The molecule has 0 fully saturated rings. The first-order valence-electron chi connectivity index (χ1n) is 3.38. The lowest BCUT2D eigenvalue weighted by molar-refractivity contribution is -0.136. The van der Waals surface area contributed by atoms with Gasteiger partial charge in [-0.2, -0.15) is 0 Å². The molecule has 0 radical (unpaired) electrons. The molecule has 0 unspecified atom stereocenters. The number of carbonyl (C=O) groups is 1. The van der Waals surface area contributed by atoms with Crippen LogP contribution in [0.5, 0.6) is 0 Å². The van der Waals surface area contributed by atoms with Gasteiger partial charge in [-0.1, -0.05) is 12.5 Å². The molecule has 0 saturated carbocycles. The van der Waals surface area contributed by atoms with Crippen molar-refractivity contribution in [2.24, 2.45) is 0 Å². The average Bonchev–Trinajstić information content (AvgIpc) is 2.00. The molecule has 0 atom stereocenters. The summed E-state index contributed by atoms with van der Waals surface area (Å²) in [7, 11) is 1.40. The highest BCUT2D eigenvalue weighted by atomic mass is 16.5. The SMILES string of the molecule is CC/C(C)=C(\C)C(=O)OC. The lowest BCUT2D eigenvalue weighted by atomic mass is 10.1. The van der Waals surface area contributed by atoms with Gasteiger partial charge >= 0.3 is 5.97 Å². The summed E-state index contributed by atoms with van der Waals surface area (Å²) in [6.45, 7) is 5.73. The van der Waals surface area contributed by atoms with Gasteiger partial charge in [0.2, 0.25) is 0 Å². The van der Waals surface area contributed by atoms with E-state index >= 15 is 0 Å². The number of hydrogen-bond acceptors (Lipinski definition) is 2. The van der Waals surface area contributed by atoms with Gasteiger partial charge in [0.25, 0.3) is 0 Å². The Bertz CT molecular complexity index is 157. The summed E-state index contributed by atoms with van der Waals surface area (Å²) >= 11 is 0. The van der Waals surface area contributed by atoms with Gasteiger partial charge in [0.15, 0.2) is 0 Å². The zero-order valence-electron chi connectivity index (χ0n) is 7.02. The van der Waals surface area contributed by atoms with E-state index in [0.29, 0.717) is 0 Å². The molecule has 0 aromatic heterocycles. The highest BCUT2D eigenvalue weighted by Gasteiger charge is 2.04. The number of rotatable bonds is 2. The van der Waals surface area contributed by atoms with Crippen molar-refractivity contribution < 1.29 is 9.53 Å². The second-order valence-corrected chi connectivity index (χ2v) is 2.25. The molecule has 0 aromatic carbocycles. The molecular formula is C8H14O2.